The standard InChI is InChI=1S/C23H24FN3O3/c1-15-4-9-21-16(11-15)12-17(22(28)26-21)13-27(14-20-3-2-10-30-20)23(29)25-19-7-5-18(24)6-8-19/h4-9,11-12,20H,2-3,10,13-14H2,1H3,(H,25,29)(H,26,28)/t20-/m0/s1. The third kappa shape index (κ3) is 4.68. The molecule has 0 bridgehead atoms. The van der Waals surface area contributed by atoms with E-state index in [2.05, 4.69) is 10.3 Å². The van der Waals surface area contributed by atoms with Gasteiger partial charge >= 0.3 is 6.03 Å². The number of anilines is 1. The average Bonchev–Trinajstić information content (AvgIpc) is 3.23. The molecular formula is C23H24FN3O3. The van der Waals surface area contributed by atoms with E-state index >= 15 is 0 Å². The van der Waals surface area contributed by atoms with Crippen molar-refractivity contribution in [2.45, 2.75) is 32.4 Å². The number of carbonyl (C=O) groups excluding carboxylic acids is 1. The molecule has 0 saturated carbocycles. The van der Waals surface area contributed by atoms with Gasteiger partial charge in [-0.15, -0.1) is 0 Å². The molecule has 0 aliphatic carbocycles. The number of amides is 2. The number of halogens is 1. The van der Waals surface area contributed by atoms with Crippen LogP contribution in [0.15, 0.2) is 53.3 Å². The Morgan fingerprint density at radius 3 is 2.77 bits per heavy atom. The van der Waals surface area contributed by atoms with E-state index in [4.69, 9.17) is 4.74 Å². The van der Waals surface area contributed by atoms with Crippen LogP contribution in [-0.2, 0) is 11.3 Å². The summed E-state index contributed by atoms with van der Waals surface area (Å²) >= 11 is 0. The third-order valence-corrected chi connectivity index (χ3v) is 5.27. The molecule has 1 aliphatic rings. The minimum absolute atomic E-state index is 0.0641. The van der Waals surface area contributed by atoms with E-state index in [1.165, 1.54) is 24.3 Å². The van der Waals surface area contributed by atoms with Crippen LogP contribution in [0.3, 0.4) is 0 Å². The summed E-state index contributed by atoms with van der Waals surface area (Å²) in [6.45, 7) is 3.18. The lowest BCUT2D eigenvalue weighted by Gasteiger charge is -2.25. The highest BCUT2D eigenvalue weighted by Crippen LogP contribution is 2.18. The number of aromatic amines is 1. The fourth-order valence-electron chi connectivity index (χ4n) is 3.68. The van der Waals surface area contributed by atoms with Gasteiger partial charge in [0.05, 0.1) is 12.6 Å². The van der Waals surface area contributed by atoms with E-state index in [-0.39, 0.29) is 30.1 Å². The number of carbonyl (C=O) groups is 1. The van der Waals surface area contributed by atoms with Crippen molar-refractivity contribution in [3.63, 3.8) is 0 Å². The number of hydrogen-bond donors (Lipinski definition) is 2. The van der Waals surface area contributed by atoms with Crippen LogP contribution in [0.4, 0.5) is 14.9 Å². The quantitative estimate of drug-likeness (QED) is 0.664. The molecule has 30 heavy (non-hydrogen) atoms. The Hall–Kier alpha value is -3.19. The van der Waals surface area contributed by atoms with E-state index < -0.39 is 0 Å². The van der Waals surface area contributed by atoms with Crippen molar-refractivity contribution in [2.24, 2.45) is 0 Å². The molecule has 2 aromatic carbocycles. The lowest BCUT2D eigenvalue weighted by molar-refractivity contribution is 0.0818. The zero-order valence-corrected chi connectivity index (χ0v) is 16.8. The number of nitrogens with one attached hydrogen (secondary N) is 2. The number of hydrogen-bond acceptors (Lipinski definition) is 3. The molecule has 1 aromatic heterocycles. The predicted molar refractivity (Wildman–Crippen MR) is 114 cm³/mol. The number of H-pyrrole nitrogens is 1. The molecule has 7 heteroatoms. The van der Waals surface area contributed by atoms with Crippen molar-refractivity contribution in [1.29, 1.82) is 0 Å². The van der Waals surface area contributed by atoms with Gasteiger partial charge in [0.2, 0.25) is 0 Å². The number of aromatic nitrogens is 1. The SMILES string of the molecule is Cc1ccc2[nH]c(=O)c(CN(C[C@@H]3CCCO3)C(=O)Nc3ccc(F)cc3)cc2c1. The Morgan fingerprint density at radius 2 is 2.03 bits per heavy atom. The van der Waals surface area contributed by atoms with Crippen LogP contribution in [0, 0.1) is 12.7 Å². The van der Waals surface area contributed by atoms with Gasteiger partial charge in [-0.2, -0.15) is 0 Å². The van der Waals surface area contributed by atoms with Gasteiger partial charge in [0.1, 0.15) is 5.82 Å². The molecule has 1 atom stereocenters. The summed E-state index contributed by atoms with van der Waals surface area (Å²) in [7, 11) is 0. The first kappa shape index (κ1) is 20.1. The van der Waals surface area contributed by atoms with E-state index in [1.54, 1.807) is 4.90 Å². The summed E-state index contributed by atoms with van der Waals surface area (Å²) < 4.78 is 18.9. The van der Waals surface area contributed by atoms with Crippen molar-refractivity contribution in [3.8, 4) is 0 Å². The number of fused-ring (bicyclic) bond motifs is 1. The van der Waals surface area contributed by atoms with Crippen molar-refractivity contribution >= 4 is 22.6 Å². The molecule has 1 aliphatic heterocycles. The fraction of sp³-hybridized carbons (Fsp3) is 0.304. The first-order valence-corrected chi connectivity index (χ1v) is 10.0. The fourth-order valence-corrected chi connectivity index (χ4v) is 3.68. The van der Waals surface area contributed by atoms with Crippen molar-refractivity contribution in [2.75, 3.05) is 18.5 Å². The molecule has 0 unspecified atom stereocenters. The minimum Gasteiger partial charge on any atom is -0.376 e. The summed E-state index contributed by atoms with van der Waals surface area (Å²) in [5.74, 6) is -0.373. The predicted octanol–water partition coefficient (Wildman–Crippen LogP) is 4.19. The van der Waals surface area contributed by atoms with Crippen LogP contribution in [0.1, 0.15) is 24.0 Å². The van der Waals surface area contributed by atoms with Crippen LogP contribution in [0.5, 0.6) is 0 Å². The molecule has 1 fully saturated rings. The lowest BCUT2D eigenvalue weighted by atomic mass is 10.1. The Bertz CT molecular complexity index is 1100. The summed E-state index contributed by atoms with van der Waals surface area (Å²) in [6.07, 6.45) is 1.76. The topological polar surface area (TPSA) is 74.4 Å². The summed E-state index contributed by atoms with van der Waals surface area (Å²) in [5, 5.41) is 3.70. The van der Waals surface area contributed by atoms with E-state index in [9.17, 15) is 14.0 Å². The molecular weight excluding hydrogens is 385 g/mol. The summed E-state index contributed by atoms with van der Waals surface area (Å²) in [6, 6.07) is 12.9. The van der Waals surface area contributed by atoms with Gasteiger partial charge in [-0.3, -0.25) is 4.79 Å². The first-order chi connectivity index (χ1) is 14.5. The second kappa shape index (κ2) is 8.67. The van der Waals surface area contributed by atoms with Gasteiger partial charge in [0.25, 0.3) is 5.56 Å². The first-order valence-electron chi connectivity index (χ1n) is 10.0. The molecule has 6 nitrogen and oxygen atoms in total. The maximum Gasteiger partial charge on any atom is 0.322 e. The number of urea groups is 1. The van der Waals surface area contributed by atoms with Crippen molar-refractivity contribution < 1.29 is 13.9 Å². The minimum atomic E-state index is -0.373. The van der Waals surface area contributed by atoms with Crippen LogP contribution in [0.25, 0.3) is 10.9 Å². The van der Waals surface area contributed by atoms with Crippen LogP contribution >= 0.6 is 0 Å². The smallest absolute Gasteiger partial charge is 0.322 e. The Morgan fingerprint density at radius 1 is 1.23 bits per heavy atom. The third-order valence-electron chi connectivity index (χ3n) is 5.27. The van der Waals surface area contributed by atoms with Gasteiger partial charge < -0.3 is 19.9 Å². The molecule has 2 heterocycles. The van der Waals surface area contributed by atoms with Gasteiger partial charge in [0, 0.05) is 29.9 Å². The van der Waals surface area contributed by atoms with Gasteiger partial charge in [-0.05, 0) is 67.6 Å². The lowest BCUT2D eigenvalue weighted by Crippen LogP contribution is -2.40. The number of nitrogens with zero attached hydrogens (tertiary/aromatic N) is 1. The van der Waals surface area contributed by atoms with Crippen LogP contribution in [-0.4, -0.2) is 35.2 Å². The Labute approximate surface area is 173 Å². The van der Waals surface area contributed by atoms with Crippen molar-refractivity contribution in [3.05, 3.63) is 75.8 Å². The zero-order chi connectivity index (χ0) is 21.1. The molecule has 2 N–H and O–H groups in total. The molecule has 156 valence electrons. The number of pyridine rings is 1. The molecule has 1 saturated heterocycles. The molecule has 0 radical (unpaired) electrons. The highest BCUT2D eigenvalue weighted by atomic mass is 19.1. The monoisotopic (exact) mass is 409 g/mol. The number of ether oxygens (including phenoxy) is 1. The van der Waals surface area contributed by atoms with E-state index in [1.807, 2.05) is 31.2 Å². The Balaban J connectivity index is 1.59. The van der Waals surface area contributed by atoms with E-state index in [0.717, 1.165) is 29.3 Å². The molecule has 0 spiro atoms. The van der Waals surface area contributed by atoms with Gasteiger partial charge in [-0.25, -0.2) is 9.18 Å². The number of rotatable bonds is 5. The highest BCUT2D eigenvalue weighted by molar-refractivity contribution is 5.89. The van der Waals surface area contributed by atoms with Crippen LogP contribution < -0.4 is 10.9 Å². The van der Waals surface area contributed by atoms with Crippen LogP contribution in [0.2, 0.25) is 0 Å². The number of benzene rings is 2. The maximum atomic E-state index is 13.2. The second-order valence-electron chi connectivity index (χ2n) is 7.67. The average molecular weight is 409 g/mol. The summed E-state index contributed by atoms with van der Waals surface area (Å²) in [4.78, 5) is 30.1. The highest BCUT2D eigenvalue weighted by Gasteiger charge is 2.24. The normalized spacial score (nSPS) is 16.0. The zero-order valence-electron chi connectivity index (χ0n) is 16.8. The molecule has 4 rings (SSSR count). The molecule has 3 aromatic rings. The Kier molecular flexibility index (Phi) is 5.81. The largest absolute Gasteiger partial charge is 0.376 e. The maximum absolute atomic E-state index is 13.2. The number of aryl methyl sites for hydroxylation is 1. The second-order valence-corrected chi connectivity index (χ2v) is 7.67. The molecule has 2 amide bonds. The van der Waals surface area contributed by atoms with Crippen molar-refractivity contribution in [1.82, 2.24) is 9.88 Å². The summed E-state index contributed by atoms with van der Waals surface area (Å²) in [5.41, 5.74) is 2.61. The van der Waals surface area contributed by atoms with E-state index in [0.29, 0.717) is 24.4 Å². The van der Waals surface area contributed by atoms with Gasteiger partial charge in [-0.1, -0.05) is 11.6 Å². The van der Waals surface area contributed by atoms with Gasteiger partial charge in [0.15, 0.2) is 0 Å².